The molecule has 0 unspecified atom stereocenters. The lowest BCUT2D eigenvalue weighted by Crippen LogP contribution is -2.40. The maximum absolute atomic E-state index is 12.6. The number of aromatic nitrogens is 2. The van der Waals surface area contributed by atoms with Gasteiger partial charge in [0.1, 0.15) is 11.7 Å². The van der Waals surface area contributed by atoms with E-state index >= 15 is 0 Å². The molecule has 1 atom stereocenters. The number of non-ortho nitro benzene ring substituents is 1. The Morgan fingerprint density at radius 1 is 1.35 bits per heavy atom. The van der Waals surface area contributed by atoms with Gasteiger partial charge in [-0.2, -0.15) is 5.10 Å². The Morgan fingerprint density at radius 2 is 2.00 bits per heavy atom. The number of hydrogen-bond acceptors (Lipinski definition) is 5. The van der Waals surface area contributed by atoms with Gasteiger partial charge in [0.25, 0.3) is 11.6 Å². The van der Waals surface area contributed by atoms with E-state index in [0.717, 1.165) is 6.42 Å². The lowest BCUT2D eigenvalue weighted by atomic mass is 10.1. The fourth-order valence-electron chi connectivity index (χ4n) is 2.51. The third-order valence-corrected chi connectivity index (χ3v) is 3.87. The van der Waals surface area contributed by atoms with E-state index in [4.69, 9.17) is 0 Å². The van der Waals surface area contributed by atoms with Crippen LogP contribution in [0.15, 0.2) is 30.5 Å². The minimum Gasteiger partial charge on any atom is -0.480 e. The number of nitro groups is 1. The van der Waals surface area contributed by atoms with Crippen LogP contribution >= 0.6 is 0 Å². The molecule has 1 aromatic carbocycles. The van der Waals surface area contributed by atoms with Gasteiger partial charge in [-0.1, -0.05) is 19.8 Å². The van der Waals surface area contributed by atoms with Crippen LogP contribution in [-0.2, 0) is 11.8 Å². The molecule has 0 saturated carbocycles. The zero-order chi connectivity index (χ0) is 19.3. The fourth-order valence-corrected chi connectivity index (χ4v) is 2.51. The van der Waals surface area contributed by atoms with Crippen molar-refractivity contribution < 1.29 is 19.6 Å². The largest absolute Gasteiger partial charge is 0.480 e. The number of aliphatic carboxylic acids is 1. The number of nitrogens with zero attached hydrogens (tertiary/aromatic N) is 3. The van der Waals surface area contributed by atoms with Crippen LogP contribution in [0.3, 0.4) is 0 Å². The number of aryl methyl sites for hydroxylation is 1. The Kier molecular flexibility index (Phi) is 6.05. The molecule has 2 rings (SSSR count). The van der Waals surface area contributed by atoms with Crippen molar-refractivity contribution in [1.82, 2.24) is 15.1 Å². The molecule has 0 aliphatic carbocycles. The van der Waals surface area contributed by atoms with E-state index in [1.165, 1.54) is 35.1 Å². The third-order valence-electron chi connectivity index (χ3n) is 3.87. The van der Waals surface area contributed by atoms with E-state index < -0.39 is 22.8 Å². The van der Waals surface area contributed by atoms with Crippen LogP contribution in [0.4, 0.5) is 5.69 Å². The molecule has 1 heterocycles. The highest BCUT2D eigenvalue weighted by Crippen LogP contribution is 2.24. The summed E-state index contributed by atoms with van der Waals surface area (Å²) in [4.78, 5) is 34.2. The summed E-state index contributed by atoms with van der Waals surface area (Å²) in [7, 11) is 1.64. The molecule has 0 saturated heterocycles. The molecule has 1 aromatic heterocycles. The molecule has 0 bridgehead atoms. The van der Waals surface area contributed by atoms with E-state index in [9.17, 15) is 24.8 Å². The summed E-state index contributed by atoms with van der Waals surface area (Å²) in [5, 5.41) is 26.8. The van der Waals surface area contributed by atoms with Crippen molar-refractivity contribution in [3.8, 4) is 11.3 Å². The number of benzene rings is 1. The number of hydrogen-bond donors (Lipinski definition) is 2. The van der Waals surface area contributed by atoms with Gasteiger partial charge >= 0.3 is 5.97 Å². The van der Waals surface area contributed by atoms with Crippen molar-refractivity contribution in [2.24, 2.45) is 7.05 Å². The Hall–Kier alpha value is -3.23. The van der Waals surface area contributed by atoms with Gasteiger partial charge in [0.2, 0.25) is 0 Å². The number of carboxylic acids is 1. The summed E-state index contributed by atoms with van der Waals surface area (Å²) in [5.41, 5.74) is 1.01. The van der Waals surface area contributed by atoms with Gasteiger partial charge in [-0.3, -0.25) is 19.6 Å². The lowest BCUT2D eigenvalue weighted by molar-refractivity contribution is -0.384. The maximum atomic E-state index is 12.6. The Morgan fingerprint density at radius 3 is 2.54 bits per heavy atom. The topological polar surface area (TPSA) is 127 Å². The second-order valence-corrected chi connectivity index (χ2v) is 5.88. The fraction of sp³-hybridized carbons (Fsp3) is 0.353. The first-order valence-electron chi connectivity index (χ1n) is 8.15. The van der Waals surface area contributed by atoms with Crippen molar-refractivity contribution in [2.45, 2.75) is 32.2 Å². The number of unbranched alkanes of at least 4 members (excludes halogenated alkanes) is 1. The Balaban J connectivity index is 2.28. The molecular weight excluding hydrogens is 340 g/mol. The molecule has 0 radical (unpaired) electrons. The second kappa shape index (κ2) is 8.24. The van der Waals surface area contributed by atoms with Crippen LogP contribution < -0.4 is 5.32 Å². The highest BCUT2D eigenvalue weighted by molar-refractivity contribution is 6.01. The zero-order valence-electron chi connectivity index (χ0n) is 14.5. The van der Waals surface area contributed by atoms with Gasteiger partial charge in [-0.15, -0.1) is 0 Å². The summed E-state index contributed by atoms with van der Waals surface area (Å²) in [6.45, 7) is 1.94. The van der Waals surface area contributed by atoms with Crippen molar-refractivity contribution in [3.63, 3.8) is 0 Å². The summed E-state index contributed by atoms with van der Waals surface area (Å²) in [6.07, 6.45) is 3.33. The van der Waals surface area contributed by atoms with Crippen LogP contribution in [0.25, 0.3) is 11.3 Å². The van der Waals surface area contributed by atoms with Gasteiger partial charge in [-0.05, 0) is 18.6 Å². The number of carbonyl (C=O) groups excluding carboxylic acids is 1. The quantitative estimate of drug-likeness (QED) is 0.549. The Bertz CT molecular complexity index is 813. The van der Waals surface area contributed by atoms with Crippen molar-refractivity contribution in [2.75, 3.05) is 0 Å². The second-order valence-electron chi connectivity index (χ2n) is 5.88. The molecule has 0 aliphatic heterocycles. The summed E-state index contributed by atoms with van der Waals surface area (Å²) < 4.78 is 1.44. The van der Waals surface area contributed by atoms with Gasteiger partial charge in [-0.25, -0.2) is 4.79 Å². The van der Waals surface area contributed by atoms with Gasteiger partial charge < -0.3 is 10.4 Å². The lowest BCUT2D eigenvalue weighted by Gasteiger charge is -2.14. The van der Waals surface area contributed by atoms with Crippen LogP contribution in [0.5, 0.6) is 0 Å². The molecule has 1 amide bonds. The number of amides is 1. The zero-order valence-corrected chi connectivity index (χ0v) is 14.5. The SMILES string of the molecule is CCCC[C@H](NC(=O)c1cn(C)nc1-c1ccc([N+](=O)[O-])cc1)C(=O)O. The van der Waals surface area contributed by atoms with Gasteiger partial charge in [0.15, 0.2) is 0 Å². The first kappa shape index (κ1) is 19.1. The molecule has 0 aliphatic rings. The maximum Gasteiger partial charge on any atom is 0.326 e. The summed E-state index contributed by atoms with van der Waals surface area (Å²) in [6, 6.07) is 4.68. The number of rotatable bonds is 8. The average molecular weight is 360 g/mol. The van der Waals surface area contributed by atoms with Gasteiger partial charge in [0, 0.05) is 30.9 Å². The monoisotopic (exact) mass is 360 g/mol. The van der Waals surface area contributed by atoms with E-state index in [0.29, 0.717) is 24.1 Å². The number of nitro benzene ring substituents is 1. The predicted molar refractivity (Wildman–Crippen MR) is 93.7 cm³/mol. The average Bonchev–Trinajstić information content (AvgIpc) is 3.00. The number of nitrogens with one attached hydrogen (secondary N) is 1. The Labute approximate surface area is 149 Å². The minimum atomic E-state index is -1.09. The standard InChI is InChI=1S/C17H20N4O5/c1-3-4-5-14(17(23)24)18-16(22)13-10-20(2)19-15(13)11-6-8-12(9-7-11)21(25)26/h6-10,14H,3-5H2,1-2H3,(H,18,22)(H,23,24)/t14-/m0/s1. The minimum absolute atomic E-state index is 0.0683. The number of carbonyl (C=O) groups is 2. The van der Waals surface area contributed by atoms with Crippen molar-refractivity contribution in [3.05, 3.63) is 46.1 Å². The number of carboxylic acid groups (broad SMARTS) is 1. The first-order chi connectivity index (χ1) is 12.3. The molecule has 0 fully saturated rings. The molecular formula is C17H20N4O5. The normalized spacial score (nSPS) is 11.8. The van der Waals surface area contributed by atoms with Crippen LogP contribution in [0, 0.1) is 10.1 Å². The van der Waals surface area contributed by atoms with Crippen LogP contribution in [-0.4, -0.2) is 37.7 Å². The molecule has 0 spiro atoms. The molecule has 26 heavy (non-hydrogen) atoms. The van der Waals surface area contributed by atoms with Crippen LogP contribution in [0.1, 0.15) is 36.5 Å². The molecule has 138 valence electrons. The predicted octanol–water partition coefficient (Wildman–Crippen LogP) is 2.37. The first-order valence-corrected chi connectivity index (χ1v) is 8.15. The molecule has 9 heteroatoms. The summed E-state index contributed by atoms with van der Waals surface area (Å²) in [5.74, 6) is -1.64. The molecule has 2 N–H and O–H groups in total. The van der Waals surface area contributed by atoms with E-state index in [1.54, 1.807) is 7.05 Å². The molecule has 9 nitrogen and oxygen atoms in total. The van der Waals surface area contributed by atoms with E-state index in [1.807, 2.05) is 6.92 Å². The van der Waals surface area contributed by atoms with Crippen molar-refractivity contribution >= 4 is 17.6 Å². The highest BCUT2D eigenvalue weighted by atomic mass is 16.6. The molecule has 2 aromatic rings. The van der Waals surface area contributed by atoms with E-state index in [2.05, 4.69) is 10.4 Å². The van der Waals surface area contributed by atoms with E-state index in [-0.39, 0.29) is 11.3 Å². The third kappa shape index (κ3) is 4.44. The smallest absolute Gasteiger partial charge is 0.326 e. The van der Waals surface area contributed by atoms with Gasteiger partial charge in [0.05, 0.1) is 10.5 Å². The highest BCUT2D eigenvalue weighted by Gasteiger charge is 2.24. The van der Waals surface area contributed by atoms with Crippen LogP contribution in [0.2, 0.25) is 0 Å². The summed E-state index contributed by atoms with van der Waals surface area (Å²) >= 11 is 0. The van der Waals surface area contributed by atoms with Crippen molar-refractivity contribution in [1.29, 1.82) is 0 Å².